The molecule has 1 aliphatic heterocycles. The summed E-state index contributed by atoms with van der Waals surface area (Å²) in [6, 6.07) is 9.29. The number of rotatable bonds is 4. The van der Waals surface area contributed by atoms with Crippen molar-refractivity contribution in [1.82, 2.24) is 4.90 Å². The van der Waals surface area contributed by atoms with Gasteiger partial charge in [0.1, 0.15) is 11.8 Å². The Labute approximate surface area is 144 Å². The molecule has 4 nitrogen and oxygen atoms in total. The summed E-state index contributed by atoms with van der Waals surface area (Å²) in [6.07, 6.45) is 4.45. The summed E-state index contributed by atoms with van der Waals surface area (Å²) < 4.78 is 5.20. The third-order valence-corrected chi connectivity index (χ3v) is 2.95. The van der Waals surface area contributed by atoms with Crippen LogP contribution in [-0.4, -0.2) is 24.0 Å². The molecule has 0 saturated carbocycles. The van der Waals surface area contributed by atoms with E-state index < -0.39 is 0 Å². The second kappa shape index (κ2) is 8.19. The van der Waals surface area contributed by atoms with Gasteiger partial charge in [0.25, 0.3) is 0 Å². The molecule has 0 spiro atoms. The predicted molar refractivity (Wildman–Crippen MR) is 70.8 cm³/mol. The molecule has 1 aliphatic rings. The SMILES string of the molecule is CCN1C(=O)CC[C-]=C1c1ccc(OCC#N)cc1.[Y]. The average molecular weight is 344 g/mol. The molecule has 1 heterocycles. The van der Waals surface area contributed by atoms with Gasteiger partial charge in [-0.15, -0.1) is 24.3 Å². The van der Waals surface area contributed by atoms with E-state index in [2.05, 4.69) is 6.08 Å². The van der Waals surface area contributed by atoms with E-state index in [9.17, 15) is 4.79 Å². The van der Waals surface area contributed by atoms with E-state index in [0.717, 1.165) is 11.3 Å². The fourth-order valence-corrected chi connectivity index (χ4v) is 2.06. The van der Waals surface area contributed by atoms with Gasteiger partial charge < -0.3 is 9.64 Å². The fraction of sp³-hybridized carbons (Fsp3) is 0.333. The molecular weight excluding hydrogens is 329 g/mol. The maximum atomic E-state index is 11.8. The number of amides is 1. The Morgan fingerprint density at radius 2 is 2.10 bits per heavy atom. The molecule has 0 atom stereocenters. The molecule has 0 N–H and O–H groups in total. The minimum absolute atomic E-state index is 0. The van der Waals surface area contributed by atoms with E-state index in [1.807, 2.05) is 25.1 Å². The monoisotopic (exact) mass is 344 g/mol. The van der Waals surface area contributed by atoms with Gasteiger partial charge in [-0.05, 0) is 19.1 Å². The average Bonchev–Trinajstić information content (AvgIpc) is 2.45. The van der Waals surface area contributed by atoms with Crippen LogP contribution < -0.4 is 4.74 Å². The smallest absolute Gasteiger partial charge is 0.223 e. The van der Waals surface area contributed by atoms with E-state index in [1.165, 1.54) is 0 Å². The number of benzene rings is 1. The molecule has 101 valence electrons. The molecule has 1 amide bonds. The van der Waals surface area contributed by atoms with Gasteiger partial charge in [0, 0.05) is 45.7 Å². The number of allylic oxidation sites excluding steroid dienone is 1. The van der Waals surface area contributed by atoms with Crippen LogP contribution in [0, 0.1) is 17.4 Å². The van der Waals surface area contributed by atoms with Crippen LogP contribution >= 0.6 is 0 Å². The molecule has 0 saturated heterocycles. The van der Waals surface area contributed by atoms with Crippen LogP contribution in [0.15, 0.2) is 24.3 Å². The topological polar surface area (TPSA) is 53.3 Å². The van der Waals surface area contributed by atoms with Gasteiger partial charge in [-0.3, -0.25) is 4.79 Å². The molecular formula is C15H15N2O2Y-. The fourth-order valence-electron chi connectivity index (χ4n) is 2.06. The van der Waals surface area contributed by atoms with Gasteiger partial charge >= 0.3 is 0 Å². The van der Waals surface area contributed by atoms with Crippen molar-refractivity contribution >= 4 is 11.6 Å². The Kier molecular flexibility index (Phi) is 6.91. The van der Waals surface area contributed by atoms with Gasteiger partial charge in [0.2, 0.25) is 5.91 Å². The van der Waals surface area contributed by atoms with Crippen molar-refractivity contribution in [3.63, 3.8) is 0 Å². The van der Waals surface area contributed by atoms with Crippen molar-refractivity contribution in [2.45, 2.75) is 19.8 Å². The molecule has 20 heavy (non-hydrogen) atoms. The number of hydrogen-bond acceptors (Lipinski definition) is 3. The van der Waals surface area contributed by atoms with Crippen molar-refractivity contribution in [2.24, 2.45) is 0 Å². The molecule has 1 aromatic carbocycles. The zero-order valence-corrected chi connectivity index (χ0v) is 14.3. The van der Waals surface area contributed by atoms with E-state index in [-0.39, 0.29) is 45.2 Å². The summed E-state index contributed by atoms with van der Waals surface area (Å²) in [6.45, 7) is 2.64. The van der Waals surface area contributed by atoms with Gasteiger partial charge in [0.15, 0.2) is 6.61 Å². The minimum Gasteiger partial charge on any atom is -0.479 e. The second-order valence-electron chi connectivity index (χ2n) is 4.13. The van der Waals surface area contributed by atoms with Crippen molar-refractivity contribution in [3.05, 3.63) is 35.9 Å². The maximum absolute atomic E-state index is 11.8. The van der Waals surface area contributed by atoms with Crippen LogP contribution in [0.25, 0.3) is 5.70 Å². The van der Waals surface area contributed by atoms with Crippen LogP contribution in [0.1, 0.15) is 25.3 Å². The van der Waals surface area contributed by atoms with Crippen LogP contribution in [0.5, 0.6) is 5.75 Å². The van der Waals surface area contributed by atoms with Crippen LogP contribution in [0.4, 0.5) is 0 Å². The number of carbonyl (C=O) groups is 1. The molecule has 0 aliphatic carbocycles. The molecule has 0 unspecified atom stereocenters. The van der Waals surface area contributed by atoms with Gasteiger partial charge in [0.05, 0.1) is 0 Å². The summed E-state index contributed by atoms with van der Waals surface area (Å²) >= 11 is 0. The first kappa shape index (κ1) is 16.9. The first-order chi connectivity index (χ1) is 9.26. The zero-order valence-electron chi connectivity index (χ0n) is 11.4. The summed E-state index contributed by atoms with van der Waals surface area (Å²) in [5.41, 5.74) is 1.78. The van der Waals surface area contributed by atoms with E-state index in [4.69, 9.17) is 10.00 Å². The second-order valence-corrected chi connectivity index (χ2v) is 4.13. The van der Waals surface area contributed by atoms with Crippen LogP contribution in [0.3, 0.4) is 0 Å². The Morgan fingerprint density at radius 1 is 1.40 bits per heavy atom. The zero-order chi connectivity index (χ0) is 13.7. The number of ether oxygens (including phenoxy) is 1. The molecule has 0 bridgehead atoms. The van der Waals surface area contributed by atoms with Gasteiger partial charge in [-0.25, -0.2) is 6.08 Å². The molecule has 1 radical (unpaired) electrons. The van der Waals surface area contributed by atoms with Gasteiger partial charge in [-0.1, -0.05) is 0 Å². The molecule has 5 heteroatoms. The van der Waals surface area contributed by atoms with Crippen molar-refractivity contribution < 1.29 is 42.2 Å². The Balaban J connectivity index is 0.00000200. The summed E-state index contributed by atoms with van der Waals surface area (Å²) in [4.78, 5) is 13.6. The van der Waals surface area contributed by atoms with E-state index >= 15 is 0 Å². The van der Waals surface area contributed by atoms with E-state index in [0.29, 0.717) is 25.1 Å². The first-order valence-electron chi connectivity index (χ1n) is 6.27. The standard InChI is InChI=1S/C15H15N2O2.Y/c1-2-17-14(4-3-5-15(17)18)12-6-8-13(9-7-12)19-11-10-16;/h6-9H,2-3,5,11H2,1H3;/q-1;. The Bertz CT molecular complexity index is 532. The molecule has 0 fully saturated rings. The number of hydrogen-bond donors (Lipinski definition) is 0. The Hall–Kier alpha value is -1.18. The number of nitriles is 1. The third-order valence-electron chi connectivity index (χ3n) is 2.95. The predicted octanol–water partition coefficient (Wildman–Crippen LogP) is 2.37. The maximum Gasteiger partial charge on any atom is 0.223 e. The van der Waals surface area contributed by atoms with Crippen LogP contribution in [0.2, 0.25) is 0 Å². The molecule has 1 aromatic rings. The quantitative estimate of drug-likeness (QED) is 0.788. The molecule has 2 rings (SSSR count). The molecule has 0 aromatic heterocycles. The third kappa shape index (κ3) is 3.91. The van der Waals surface area contributed by atoms with Crippen LogP contribution in [-0.2, 0) is 37.5 Å². The van der Waals surface area contributed by atoms with Gasteiger partial charge in [-0.2, -0.15) is 10.8 Å². The number of nitrogens with zero attached hydrogens (tertiary/aromatic N) is 2. The normalized spacial score (nSPS) is 14.1. The largest absolute Gasteiger partial charge is 0.479 e. The first-order valence-corrected chi connectivity index (χ1v) is 6.27. The Morgan fingerprint density at radius 3 is 2.70 bits per heavy atom. The number of carbonyl (C=O) groups excluding carboxylic acids is 1. The van der Waals surface area contributed by atoms with E-state index in [1.54, 1.807) is 17.0 Å². The minimum atomic E-state index is 0. The van der Waals surface area contributed by atoms with Crippen molar-refractivity contribution in [3.8, 4) is 11.8 Å². The summed E-state index contributed by atoms with van der Waals surface area (Å²) in [7, 11) is 0. The summed E-state index contributed by atoms with van der Waals surface area (Å²) in [5.74, 6) is 0.789. The van der Waals surface area contributed by atoms with Crippen molar-refractivity contribution in [1.29, 1.82) is 5.26 Å². The van der Waals surface area contributed by atoms with Crippen molar-refractivity contribution in [2.75, 3.05) is 13.2 Å². The summed E-state index contributed by atoms with van der Waals surface area (Å²) in [5, 5.41) is 8.45.